The summed E-state index contributed by atoms with van der Waals surface area (Å²) in [6.07, 6.45) is 0. The fraction of sp³-hybridized carbons (Fsp3) is 0.130. The van der Waals surface area contributed by atoms with Gasteiger partial charge in [-0.1, -0.05) is 30.3 Å². The van der Waals surface area contributed by atoms with Crippen molar-refractivity contribution in [2.45, 2.75) is 6.04 Å². The highest BCUT2D eigenvalue weighted by Crippen LogP contribution is 2.39. The molecule has 148 valence electrons. The third kappa shape index (κ3) is 2.23. The number of hydrogen-bond acceptors (Lipinski definition) is 5. The van der Waals surface area contributed by atoms with Gasteiger partial charge in [-0.2, -0.15) is 0 Å². The number of rotatable bonds is 3. The Bertz CT molecular complexity index is 1210. The van der Waals surface area contributed by atoms with Crippen molar-refractivity contribution in [3.8, 4) is 0 Å². The van der Waals surface area contributed by atoms with Crippen LogP contribution >= 0.6 is 0 Å². The van der Waals surface area contributed by atoms with Crippen molar-refractivity contribution in [1.29, 1.82) is 0 Å². The minimum atomic E-state index is -0.851. The SMILES string of the molecule is CN1C(=O)c2ccc3c4c(ccc(c24)C1=O)C(=O)N(C(CO)c1ccccc1)C3=O. The van der Waals surface area contributed by atoms with Crippen LogP contribution in [-0.4, -0.2) is 52.2 Å². The van der Waals surface area contributed by atoms with Gasteiger partial charge in [0.15, 0.2) is 0 Å². The third-order valence-corrected chi connectivity index (χ3v) is 5.80. The zero-order valence-electron chi connectivity index (χ0n) is 16.0. The topological polar surface area (TPSA) is 95.0 Å². The number of carbonyl (C=O) groups excluding carboxylic acids is 4. The molecule has 1 N–H and O–H groups in total. The van der Waals surface area contributed by atoms with Crippen LogP contribution in [0, 0.1) is 0 Å². The second-order valence-corrected chi connectivity index (χ2v) is 7.33. The summed E-state index contributed by atoms with van der Waals surface area (Å²) in [5, 5.41) is 10.7. The quantitative estimate of drug-likeness (QED) is 0.682. The highest BCUT2D eigenvalue weighted by molar-refractivity contribution is 6.33. The molecule has 0 spiro atoms. The molecule has 5 rings (SSSR count). The van der Waals surface area contributed by atoms with Crippen LogP contribution in [0.15, 0.2) is 54.6 Å². The Morgan fingerprint density at radius 1 is 0.700 bits per heavy atom. The van der Waals surface area contributed by atoms with E-state index in [0.717, 1.165) is 9.80 Å². The van der Waals surface area contributed by atoms with Crippen molar-refractivity contribution >= 4 is 34.4 Å². The van der Waals surface area contributed by atoms with Crippen molar-refractivity contribution in [3.05, 3.63) is 82.4 Å². The van der Waals surface area contributed by atoms with Crippen LogP contribution in [0.1, 0.15) is 53.0 Å². The predicted molar refractivity (Wildman–Crippen MR) is 107 cm³/mol. The Labute approximate surface area is 171 Å². The first-order valence-corrected chi connectivity index (χ1v) is 9.41. The smallest absolute Gasteiger partial charge is 0.262 e. The zero-order valence-corrected chi connectivity index (χ0v) is 16.0. The molecule has 0 saturated carbocycles. The summed E-state index contributed by atoms with van der Waals surface area (Å²) in [5.74, 6) is -2.09. The van der Waals surface area contributed by atoms with Crippen LogP contribution in [0.4, 0.5) is 0 Å². The van der Waals surface area contributed by atoms with E-state index in [1.807, 2.05) is 0 Å². The summed E-state index contributed by atoms with van der Waals surface area (Å²) < 4.78 is 0. The van der Waals surface area contributed by atoms with Gasteiger partial charge in [-0.25, -0.2) is 0 Å². The van der Waals surface area contributed by atoms with Gasteiger partial charge in [0.05, 0.1) is 12.6 Å². The van der Waals surface area contributed by atoms with Crippen molar-refractivity contribution in [2.24, 2.45) is 0 Å². The first-order chi connectivity index (χ1) is 14.5. The van der Waals surface area contributed by atoms with E-state index in [2.05, 4.69) is 0 Å². The minimum absolute atomic E-state index is 0.227. The molecule has 2 aliphatic heterocycles. The normalized spacial score (nSPS) is 16.5. The molecule has 30 heavy (non-hydrogen) atoms. The molecule has 0 aromatic heterocycles. The third-order valence-electron chi connectivity index (χ3n) is 5.80. The maximum absolute atomic E-state index is 13.4. The van der Waals surface area contributed by atoms with Gasteiger partial charge < -0.3 is 5.11 Å². The molecular formula is C23H16N2O5. The Kier molecular flexibility index (Phi) is 3.84. The summed E-state index contributed by atoms with van der Waals surface area (Å²) in [5.41, 5.74) is 1.64. The molecule has 1 unspecified atom stereocenters. The van der Waals surface area contributed by atoms with E-state index in [1.54, 1.807) is 30.3 Å². The van der Waals surface area contributed by atoms with E-state index >= 15 is 0 Å². The summed E-state index contributed by atoms with van der Waals surface area (Å²) in [7, 11) is 1.40. The average Bonchev–Trinajstić information content (AvgIpc) is 2.77. The maximum Gasteiger partial charge on any atom is 0.262 e. The monoisotopic (exact) mass is 400 g/mol. The molecule has 1 atom stereocenters. The number of hydrogen-bond donors (Lipinski definition) is 1. The number of benzene rings is 3. The van der Waals surface area contributed by atoms with Crippen molar-refractivity contribution in [1.82, 2.24) is 9.80 Å². The Morgan fingerprint density at radius 3 is 1.57 bits per heavy atom. The lowest BCUT2D eigenvalue weighted by atomic mass is 9.85. The first kappa shape index (κ1) is 18.2. The molecule has 0 saturated heterocycles. The summed E-state index contributed by atoms with van der Waals surface area (Å²) in [6, 6.07) is 14.0. The molecule has 0 fully saturated rings. The Balaban J connectivity index is 1.76. The summed E-state index contributed by atoms with van der Waals surface area (Å²) >= 11 is 0. The number of aliphatic hydroxyl groups excluding tert-OH is 1. The molecule has 0 radical (unpaired) electrons. The van der Waals surface area contributed by atoms with E-state index in [4.69, 9.17) is 0 Å². The fourth-order valence-corrected chi connectivity index (χ4v) is 4.31. The molecule has 3 aromatic carbocycles. The first-order valence-electron chi connectivity index (χ1n) is 9.41. The van der Waals surface area contributed by atoms with Gasteiger partial charge in [0.2, 0.25) is 0 Å². The van der Waals surface area contributed by atoms with Gasteiger partial charge in [0.1, 0.15) is 0 Å². The largest absolute Gasteiger partial charge is 0.394 e. The lowest BCUT2D eigenvalue weighted by Crippen LogP contribution is -2.45. The second-order valence-electron chi connectivity index (χ2n) is 7.33. The van der Waals surface area contributed by atoms with Gasteiger partial charge in [-0.3, -0.25) is 29.0 Å². The van der Waals surface area contributed by atoms with E-state index < -0.39 is 36.3 Å². The zero-order chi connectivity index (χ0) is 21.2. The Hall–Kier alpha value is -3.84. The van der Waals surface area contributed by atoms with Crippen molar-refractivity contribution < 1.29 is 24.3 Å². The molecular weight excluding hydrogens is 384 g/mol. The standard InChI is InChI=1S/C23H16N2O5/c1-24-20(27)13-7-9-15-19-16(10-8-14(18(13)19)21(24)28)23(30)25(22(15)29)17(11-26)12-5-3-2-4-6-12/h2-10,17,26H,11H2,1H3. The molecule has 3 aromatic rings. The van der Waals surface area contributed by atoms with E-state index in [-0.39, 0.29) is 22.3 Å². The molecule has 2 heterocycles. The van der Waals surface area contributed by atoms with Crippen molar-refractivity contribution in [3.63, 3.8) is 0 Å². The van der Waals surface area contributed by atoms with Crippen LogP contribution in [0.5, 0.6) is 0 Å². The molecule has 7 nitrogen and oxygen atoms in total. The number of nitrogens with zero attached hydrogens (tertiary/aromatic N) is 2. The molecule has 7 heteroatoms. The lowest BCUT2D eigenvalue weighted by molar-refractivity contribution is 0.0466. The highest BCUT2D eigenvalue weighted by Gasteiger charge is 2.41. The van der Waals surface area contributed by atoms with E-state index in [0.29, 0.717) is 16.3 Å². The van der Waals surface area contributed by atoms with E-state index in [9.17, 15) is 24.3 Å². The molecule has 0 aliphatic carbocycles. The molecule has 4 amide bonds. The average molecular weight is 400 g/mol. The number of carbonyl (C=O) groups is 4. The van der Waals surface area contributed by atoms with Crippen LogP contribution in [0.25, 0.3) is 10.8 Å². The number of imide groups is 2. The van der Waals surface area contributed by atoms with Crippen LogP contribution in [-0.2, 0) is 0 Å². The Morgan fingerprint density at radius 2 is 1.13 bits per heavy atom. The van der Waals surface area contributed by atoms with Gasteiger partial charge >= 0.3 is 0 Å². The van der Waals surface area contributed by atoms with Gasteiger partial charge in [0.25, 0.3) is 23.6 Å². The van der Waals surface area contributed by atoms with Crippen LogP contribution in [0.2, 0.25) is 0 Å². The number of amides is 4. The predicted octanol–water partition coefficient (Wildman–Crippen LogP) is 2.40. The maximum atomic E-state index is 13.4. The second kappa shape index (κ2) is 6.33. The van der Waals surface area contributed by atoms with Gasteiger partial charge in [0, 0.05) is 40.1 Å². The lowest BCUT2D eigenvalue weighted by Gasteiger charge is -2.34. The molecule has 2 aliphatic rings. The highest BCUT2D eigenvalue weighted by atomic mass is 16.3. The fourth-order valence-electron chi connectivity index (χ4n) is 4.31. The van der Waals surface area contributed by atoms with Gasteiger partial charge in [-0.15, -0.1) is 0 Å². The minimum Gasteiger partial charge on any atom is -0.394 e. The summed E-state index contributed by atoms with van der Waals surface area (Å²) in [6.45, 7) is -0.433. The summed E-state index contributed by atoms with van der Waals surface area (Å²) in [4.78, 5) is 54.0. The van der Waals surface area contributed by atoms with Gasteiger partial charge in [-0.05, 0) is 29.8 Å². The van der Waals surface area contributed by atoms with Crippen LogP contribution < -0.4 is 0 Å². The molecule has 0 bridgehead atoms. The van der Waals surface area contributed by atoms with E-state index in [1.165, 1.54) is 31.3 Å². The number of aliphatic hydroxyl groups is 1. The van der Waals surface area contributed by atoms with Crippen LogP contribution in [0.3, 0.4) is 0 Å². The van der Waals surface area contributed by atoms with Crippen molar-refractivity contribution in [2.75, 3.05) is 13.7 Å².